The molecule has 0 radical (unpaired) electrons. The van der Waals surface area contributed by atoms with Crippen molar-refractivity contribution < 1.29 is 9.90 Å². The van der Waals surface area contributed by atoms with E-state index in [2.05, 4.69) is 15.9 Å². The zero-order valence-electron chi connectivity index (χ0n) is 7.38. The maximum absolute atomic E-state index is 11.4. The summed E-state index contributed by atoms with van der Waals surface area (Å²) in [6.45, 7) is 1.97. The number of phenolic OH excluding ortho intramolecular Hbond substituents is 1. The molecule has 0 amide bonds. The highest BCUT2D eigenvalue weighted by atomic mass is 79.9. The van der Waals surface area contributed by atoms with Crippen molar-refractivity contribution in [2.45, 2.75) is 19.8 Å². The smallest absolute Gasteiger partial charge is 0.162 e. The lowest BCUT2D eigenvalue weighted by molar-refractivity contribution is 0.0981. The van der Waals surface area contributed by atoms with Crippen molar-refractivity contribution in [2.24, 2.45) is 0 Å². The summed E-state index contributed by atoms with van der Waals surface area (Å²) in [7, 11) is 0. The van der Waals surface area contributed by atoms with Gasteiger partial charge in [0.25, 0.3) is 0 Å². The summed E-state index contributed by atoms with van der Waals surface area (Å²) in [6, 6.07) is 4.80. The van der Waals surface area contributed by atoms with Gasteiger partial charge in [-0.25, -0.2) is 0 Å². The van der Waals surface area contributed by atoms with Crippen LogP contribution in [0, 0.1) is 0 Å². The molecule has 0 saturated carbocycles. The molecule has 0 aliphatic heterocycles. The van der Waals surface area contributed by atoms with Gasteiger partial charge in [0.1, 0.15) is 5.75 Å². The van der Waals surface area contributed by atoms with Gasteiger partial charge in [-0.05, 0) is 40.5 Å². The highest BCUT2D eigenvalue weighted by Crippen LogP contribution is 2.24. The summed E-state index contributed by atoms with van der Waals surface area (Å²) >= 11 is 3.16. The van der Waals surface area contributed by atoms with E-state index in [1.54, 1.807) is 12.1 Å². The van der Waals surface area contributed by atoms with Crippen molar-refractivity contribution in [3.63, 3.8) is 0 Å². The Kier molecular flexibility index (Phi) is 3.48. The summed E-state index contributed by atoms with van der Waals surface area (Å²) in [5.74, 6) is 0.274. The van der Waals surface area contributed by atoms with E-state index < -0.39 is 0 Å². The van der Waals surface area contributed by atoms with Crippen LogP contribution in [0.4, 0.5) is 0 Å². The van der Waals surface area contributed by atoms with Gasteiger partial charge in [0, 0.05) is 12.0 Å². The lowest BCUT2D eigenvalue weighted by Crippen LogP contribution is -1.97. The van der Waals surface area contributed by atoms with Gasteiger partial charge in [0.15, 0.2) is 5.78 Å². The summed E-state index contributed by atoms with van der Waals surface area (Å²) < 4.78 is 0.564. The van der Waals surface area contributed by atoms with Crippen molar-refractivity contribution in [3.05, 3.63) is 28.2 Å². The first kappa shape index (κ1) is 10.3. The van der Waals surface area contributed by atoms with E-state index in [1.807, 2.05) is 6.92 Å². The van der Waals surface area contributed by atoms with Crippen LogP contribution in [0.5, 0.6) is 5.75 Å². The van der Waals surface area contributed by atoms with Gasteiger partial charge in [-0.1, -0.05) is 6.92 Å². The maximum atomic E-state index is 11.4. The molecule has 1 N–H and O–H groups in total. The number of halogens is 1. The molecule has 0 heterocycles. The Labute approximate surface area is 85.7 Å². The van der Waals surface area contributed by atoms with Crippen LogP contribution in [0.2, 0.25) is 0 Å². The van der Waals surface area contributed by atoms with Gasteiger partial charge in [0.05, 0.1) is 4.47 Å². The summed E-state index contributed by atoms with van der Waals surface area (Å²) in [6.07, 6.45) is 1.40. The van der Waals surface area contributed by atoms with Gasteiger partial charge in [-0.2, -0.15) is 0 Å². The summed E-state index contributed by atoms with van der Waals surface area (Å²) in [5.41, 5.74) is 0.645. The Balaban J connectivity index is 2.90. The average molecular weight is 243 g/mol. The molecule has 0 bridgehead atoms. The van der Waals surface area contributed by atoms with E-state index in [0.29, 0.717) is 16.5 Å². The van der Waals surface area contributed by atoms with Crippen LogP contribution in [0.25, 0.3) is 0 Å². The molecule has 1 rings (SSSR count). The Morgan fingerprint density at radius 3 is 2.77 bits per heavy atom. The molecule has 1 aromatic carbocycles. The summed E-state index contributed by atoms with van der Waals surface area (Å²) in [4.78, 5) is 11.4. The maximum Gasteiger partial charge on any atom is 0.162 e. The van der Waals surface area contributed by atoms with Crippen LogP contribution in [-0.2, 0) is 0 Å². The predicted octanol–water partition coefficient (Wildman–Crippen LogP) is 3.14. The lowest BCUT2D eigenvalue weighted by atomic mass is 10.1. The normalized spacial score (nSPS) is 10.0. The first-order chi connectivity index (χ1) is 6.15. The average Bonchev–Trinajstić information content (AvgIpc) is 2.10. The standard InChI is InChI=1S/C10H11BrO2/c1-2-3-9(12)7-4-5-10(13)8(11)6-7/h4-6,13H,2-3H2,1H3. The van der Waals surface area contributed by atoms with E-state index in [4.69, 9.17) is 0 Å². The molecule has 0 aliphatic carbocycles. The van der Waals surface area contributed by atoms with E-state index in [1.165, 1.54) is 6.07 Å². The second-order valence-corrected chi connectivity index (χ2v) is 3.69. The SMILES string of the molecule is CCCC(=O)c1ccc(O)c(Br)c1. The van der Waals surface area contributed by atoms with Crippen molar-refractivity contribution in [1.82, 2.24) is 0 Å². The Hall–Kier alpha value is -0.830. The van der Waals surface area contributed by atoms with Gasteiger partial charge in [0.2, 0.25) is 0 Å². The van der Waals surface area contributed by atoms with E-state index in [9.17, 15) is 9.90 Å². The van der Waals surface area contributed by atoms with Crippen LogP contribution in [0.1, 0.15) is 30.1 Å². The van der Waals surface area contributed by atoms with Gasteiger partial charge < -0.3 is 5.11 Å². The molecule has 0 fully saturated rings. The molecular weight excluding hydrogens is 232 g/mol. The largest absolute Gasteiger partial charge is 0.507 e. The minimum absolute atomic E-state index is 0.114. The van der Waals surface area contributed by atoms with Gasteiger partial charge in [-0.3, -0.25) is 4.79 Å². The Morgan fingerprint density at radius 2 is 2.23 bits per heavy atom. The number of aromatic hydroxyl groups is 1. The first-order valence-electron chi connectivity index (χ1n) is 4.17. The molecule has 0 atom stereocenters. The van der Waals surface area contributed by atoms with Crippen molar-refractivity contribution in [1.29, 1.82) is 0 Å². The third kappa shape index (κ3) is 2.56. The second-order valence-electron chi connectivity index (χ2n) is 2.84. The number of ketones is 1. The van der Waals surface area contributed by atoms with E-state index in [-0.39, 0.29) is 11.5 Å². The summed E-state index contributed by atoms with van der Waals surface area (Å²) in [5, 5.41) is 9.20. The molecular formula is C10H11BrO2. The first-order valence-corrected chi connectivity index (χ1v) is 4.96. The zero-order chi connectivity index (χ0) is 9.84. The lowest BCUT2D eigenvalue weighted by Gasteiger charge is -2.01. The van der Waals surface area contributed by atoms with Crippen LogP contribution < -0.4 is 0 Å². The minimum atomic E-state index is 0.114. The number of carbonyl (C=O) groups excluding carboxylic acids is 1. The molecule has 0 saturated heterocycles. The molecule has 0 spiro atoms. The second kappa shape index (κ2) is 4.42. The fourth-order valence-corrected chi connectivity index (χ4v) is 1.43. The van der Waals surface area contributed by atoms with Crippen molar-refractivity contribution in [3.8, 4) is 5.75 Å². The predicted molar refractivity (Wildman–Crippen MR) is 55.0 cm³/mol. The number of benzene rings is 1. The number of hydrogen-bond acceptors (Lipinski definition) is 2. The molecule has 0 unspecified atom stereocenters. The minimum Gasteiger partial charge on any atom is -0.507 e. The number of carbonyl (C=O) groups is 1. The van der Waals surface area contributed by atoms with E-state index in [0.717, 1.165) is 6.42 Å². The van der Waals surface area contributed by atoms with Crippen LogP contribution in [0.15, 0.2) is 22.7 Å². The molecule has 2 nitrogen and oxygen atoms in total. The third-order valence-corrected chi connectivity index (χ3v) is 2.38. The Bertz CT molecular complexity index is 321. The van der Waals surface area contributed by atoms with Crippen LogP contribution in [-0.4, -0.2) is 10.9 Å². The number of hydrogen-bond donors (Lipinski definition) is 1. The van der Waals surface area contributed by atoms with Gasteiger partial charge >= 0.3 is 0 Å². The van der Waals surface area contributed by atoms with Crippen molar-refractivity contribution >= 4 is 21.7 Å². The number of phenols is 1. The van der Waals surface area contributed by atoms with Crippen LogP contribution >= 0.6 is 15.9 Å². The van der Waals surface area contributed by atoms with E-state index >= 15 is 0 Å². The molecule has 0 aromatic heterocycles. The highest BCUT2D eigenvalue weighted by Gasteiger charge is 2.06. The highest BCUT2D eigenvalue weighted by molar-refractivity contribution is 9.10. The molecule has 70 valence electrons. The molecule has 13 heavy (non-hydrogen) atoms. The fourth-order valence-electron chi connectivity index (χ4n) is 1.05. The van der Waals surface area contributed by atoms with Crippen molar-refractivity contribution in [2.75, 3.05) is 0 Å². The molecule has 0 aliphatic rings. The topological polar surface area (TPSA) is 37.3 Å². The third-order valence-electron chi connectivity index (χ3n) is 1.75. The number of Topliss-reactive ketones (excluding diaryl/α,β-unsaturated/α-hetero) is 1. The monoisotopic (exact) mass is 242 g/mol. The fraction of sp³-hybridized carbons (Fsp3) is 0.300. The molecule has 1 aromatic rings. The zero-order valence-corrected chi connectivity index (χ0v) is 8.97. The molecule has 3 heteroatoms. The Morgan fingerprint density at radius 1 is 1.54 bits per heavy atom. The number of rotatable bonds is 3. The van der Waals surface area contributed by atoms with Crippen LogP contribution in [0.3, 0.4) is 0 Å². The quantitative estimate of drug-likeness (QED) is 0.828. The van der Waals surface area contributed by atoms with Gasteiger partial charge in [-0.15, -0.1) is 0 Å².